The normalized spacial score (nSPS) is 20.6. The molecule has 1 aliphatic heterocycles. The van der Waals surface area contributed by atoms with Crippen LogP contribution < -0.4 is 10.2 Å². The van der Waals surface area contributed by atoms with E-state index >= 15 is 0 Å². The van der Waals surface area contributed by atoms with Crippen LogP contribution in [0.3, 0.4) is 0 Å². The second kappa shape index (κ2) is 3.85. The summed E-state index contributed by atoms with van der Waals surface area (Å²) in [6, 6.07) is 0. The van der Waals surface area contributed by atoms with Crippen molar-refractivity contribution in [2.75, 3.05) is 25.0 Å². The molecule has 1 saturated heterocycles. The van der Waals surface area contributed by atoms with Gasteiger partial charge in [0, 0.05) is 30.5 Å². The lowest BCUT2D eigenvalue weighted by atomic mass is 9.90. The number of aryl methyl sites for hydroxylation is 1. The average molecular weight is 208 g/mol. The Labute approximate surface area is 91.1 Å². The van der Waals surface area contributed by atoms with Crippen molar-refractivity contribution in [3.8, 4) is 0 Å². The standard InChI is InChI=1S/C11H20N4/c1-9-8-13-10(14-9)15-6-4-11(2,12-3)5-7-15/h8,12H,4-7H2,1-3H3,(H,13,14). The van der Waals surface area contributed by atoms with Crippen LogP contribution in [0.15, 0.2) is 6.20 Å². The van der Waals surface area contributed by atoms with E-state index < -0.39 is 0 Å². The summed E-state index contributed by atoms with van der Waals surface area (Å²) in [6.45, 7) is 6.48. The van der Waals surface area contributed by atoms with E-state index in [4.69, 9.17) is 0 Å². The van der Waals surface area contributed by atoms with Crippen LogP contribution in [0.25, 0.3) is 0 Å². The summed E-state index contributed by atoms with van der Waals surface area (Å²) >= 11 is 0. The SMILES string of the molecule is CNC1(C)CCN(c2ncc(C)[nH]2)CC1. The van der Waals surface area contributed by atoms with Gasteiger partial charge in [-0.2, -0.15) is 0 Å². The molecule has 4 nitrogen and oxygen atoms in total. The minimum Gasteiger partial charge on any atom is -0.342 e. The molecule has 0 bridgehead atoms. The number of piperidine rings is 1. The molecule has 0 saturated carbocycles. The molecule has 1 fully saturated rings. The molecule has 0 amide bonds. The van der Waals surface area contributed by atoms with Crippen molar-refractivity contribution in [3.05, 3.63) is 11.9 Å². The van der Waals surface area contributed by atoms with Crippen LogP contribution in [0.2, 0.25) is 0 Å². The van der Waals surface area contributed by atoms with E-state index in [9.17, 15) is 0 Å². The number of nitrogens with one attached hydrogen (secondary N) is 2. The van der Waals surface area contributed by atoms with Crippen LogP contribution in [-0.2, 0) is 0 Å². The minimum absolute atomic E-state index is 0.304. The Kier molecular flexibility index (Phi) is 2.69. The van der Waals surface area contributed by atoms with Crippen LogP contribution in [0.4, 0.5) is 5.95 Å². The molecule has 0 atom stereocenters. The quantitative estimate of drug-likeness (QED) is 0.770. The minimum atomic E-state index is 0.304. The largest absolute Gasteiger partial charge is 0.342 e. The zero-order valence-corrected chi connectivity index (χ0v) is 9.80. The first-order valence-corrected chi connectivity index (χ1v) is 5.58. The zero-order valence-electron chi connectivity index (χ0n) is 9.80. The fourth-order valence-electron chi connectivity index (χ4n) is 2.02. The molecule has 2 N–H and O–H groups in total. The summed E-state index contributed by atoms with van der Waals surface area (Å²) in [5.74, 6) is 1.02. The Morgan fingerprint density at radius 3 is 2.60 bits per heavy atom. The zero-order chi connectivity index (χ0) is 10.9. The van der Waals surface area contributed by atoms with Crippen molar-refractivity contribution >= 4 is 5.95 Å². The Hall–Kier alpha value is -1.03. The molecule has 0 unspecified atom stereocenters. The van der Waals surface area contributed by atoms with Crippen molar-refractivity contribution in [1.82, 2.24) is 15.3 Å². The first-order valence-electron chi connectivity index (χ1n) is 5.58. The first-order chi connectivity index (χ1) is 7.13. The fourth-order valence-corrected chi connectivity index (χ4v) is 2.02. The molecule has 4 heteroatoms. The van der Waals surface area contributed by atoms with E-state index in [0.717, 1.165) is 24.7 Å². The summed E-state index contributed by atoms with van der Waals surface area (Å²) in [6.07, 6.45) is 4.23. The molecular formula is C11H20N4. The molecule has 2 rings (SSSR count). The molecule has 1 aromatic rings. The molecule has 15 heavy (non-hydrogen) atoms. The van der Waals surface area contributed by atoms with Crippen LogP contribution in [0, 0.1) is 6.92 Å². The van der Waals surface area contributed by atoms with Gasteiger partial charge in [-0.25, -0.2) is 4.98 Å². The summed E-state index contributed by atoms with van der Waals surface area (Å²) in [7, 11) is 2.05. The highest BCUT2D eigenvalue weighted by molar-refractivity contribution is 5.32. The lowest BCUT2D eigenvalue weighted by molar-refractivity contribution is 0.304. The summed E-state index contributed by atoms with van der Waals surface area (Å²) in [4.78, 5) is 9.97. The van der Waals surface area contributed by atoms with Crippen LogP contribution in [-0.4, -0.2) is 35.6 Å². The Morgan fingerprint density at radius 2 is 2.13 bits per heavy atom. The van der Waals surface area contributed by atoms with Gasteiger partial charge in [-0.05, 0) is 33.7 Å². The molecular weight excluding hydrogens is 188 g/mol. The first kappa shape index (κ1) is 10.5. The number of aromatic amines is 1. The number of hydrogen-bond acceptors (Lipinski definition) is 3. The van der Waals surface area contributed by atoms with Crippen molar-refractivity contribution < 1.29 is 0 Å². The second-order valence-corrected chi connectivity index (χ2v) is 4.69. The number of nitrogens with zero attached hydrogens (tertiary/aromatic N) is 2. The third-order valence-electron chi connectivity index (χ3n) is 3.46. The van der Waals surface area contributed by atoms with E-state index in [0.29, 0.717) is 5.54 Å². The third kappa shape index (κ3) is 2.15. The van der Waals surface area contributed by atoms with Crippen LogP contribution in [0.5, 0.6) is 0 Å². The maximum Gasteiger partial charge on any atom is 0.202 e. The number of anilines is 1. The fraction of sp³-hybridized carbons (Fsp3) is 0.727. The highest BCUT2D eigenvalue weighted by Gasteiger charge is 2.28. The van der Waals surface area contributed by atoms with Crippen molar-refractivity contribution in [1.29, 1.82) is 0 Å². The predicted octanol–water partition coefficient (Wildman–Crippen LogP) is 1.30. The van der Waals surface area contributed by atoms with Gasteiger partial charge in [0.25, 0.3) is 0 Å². The molecule has 1 aromatic heterocycles. The number of hydrogen-bond donors (Lipinski definition) is 2. The lowest BCUT2D eigenvalue weighted by Crippen LogP contribution is -2.50. The van der Waals surface area contributed by atoms with E-state index in [-0.39, 0.29) is 0 Å². The van der Waals surface area contributed by atoms with Crippen molar-refractivity contribution in [3.63, 3.8) is 0 Å². The molecule has 0 aliphatic carbocycles. The number of aromatic nitrogens is 2. The van der Waals surface area contributed by atoms with Gasteiger partial charge in [0.15, 0.2) is 0 Å². The van der Waals surface area contributed by atoms with Crippen LogP contribution in [0.1, 0.15) is 25.5 Å². The Balaban J connectivity index is 1.99. The molecule has 84 valence electrons. The van der Waals surface area contributed by atoms with Gasteiger partial charge in [-0.15, -0.1) is 0 Å². The summed E-state index contributed by atoms with van der Waals surface area (Å²) < 4.78 is 0. The predicted molar refractivity (Wildman–Crippen MR) is 62.2 cm³/mol. The highest BCUT2D eigenvalue weighted by atomic mass is 15.3. The topological polar surface area (TPSA) is 44.0 Å². The number of imidazole rings is 1. The van der Waals surface area contributed by atoms with E-state index in [2.05, 4.69) is 27.1 Å². The Bertz CT molecular complexity index is 323. The number of rotatable bonds is 2. The monoisotopic (exact) mass is 208 g/mol. The van der Waals surface area contributed by atoms with Gasteiger partial charge in [0.05, 0.1) is 0 Å². The van der Waals surface area contributed by atoms with E-state index in [1.165, 1.54) is 12.8 Å². The van der Waals surface area contributed by atoms with Gasteiger partial charge in [0.1, 0.15) is 0 Å². The summed E-state index contributed by atoms with van der Waals surface area (Å²) in [5, 5.41) is 3.40. The van der Waals surface area contributed by atoms with Crippen LogP contribution >= 0.6 is 0 Å². The maximum absolute atomic E-state index is 4.36. The van der Waals surface area contributed by atoms with Crippen molar-refractivity contribution in [2.24, 2.45) is 0 Å². The van der Waals surface area contributed by atoms with Gasteiger partial charge < -0.3 is 15.2 Å². The molecule has 2 heterocycles. The van der Waals surface area contributed by atoms with E-state index in [1.54, 1.807) is 0 Å². The lowest BCUT2D eigenvalue weighted by Gasteiger charge is -2.39. The highest BCUT2D eigenvalue weighted by Crippen LogP contribution is 2.23. The second-order valence-electron chi connectivity index (χ2n) is 4.69. The molecule has 0 radical (unpaired) electrons. The number of H-pyrrole nitrogens is 1. The van der Waals surface area contributed by atoms with Gasteiger partial charge >= 0.3 is 0 Å². The molecule has 0 spiro atoms. The third-order valence-corrected chi connectivity index (χ3v) is 3.46. The smallest absolute Gasteiger partial charge is 0.202 e. The summed E-state index contributed by atoms with van der Waals surface area (Å²) in [5.41, 5.74) is 1.44. The Morgan fingerprint density at radius 1 is 1.47 bits per heavy atom. The molecule has 0 aromatic carbocycles. The molecule has 1 aliphatic rings. The average Bonchev–Trinajstić information content (AvgIpc) is 2.66. The van der Waals surface area contributed by atoms with Gasteiger partial charge in [0.2, 0.25) is 5.95 Å². The van der Waals surface area contributed by atoms with E-state index in [1.807, 2.05) is 20.2 Å². The van der Waals surface area contributed by atoms with Gasteiger partial charge in [-0.1, -0.05) is 0 Å². The van der Waals surface area contributed by atoms with Gasteiger partial charge in [-0.3, -0.25) is 0 Å². The maximum atomic E-state index is 4.36. The van der Waals surface area contributed by atoms with Crippen molar-refractivity contribution in [2.45, 2.75) is 32.2 Å².